The molecule has 0 saturated heterocycles. The van der Waals surface area contributed by atoms with Crippen LogP contribution < -0.4 is 4.72 Å². The Bertz CT molecular complexity index is 431. The highest BCUT2D eigenvalue weighted by atomic mass is 32.2. The van der Waals surface area contributed by atoms with Crippen molar-refractivity contribution >= 4 is 16.0 Å². The summed E-state index contributed by atoms with van der Waals surface area (Å²) in [5.41, 5.74) is -0.213. The molecule has 0 fully saturated rings. The van der Waals surface area contributed by atoms with E-state index in [0.29, 0.717) is 6.42 Å². The van der Waals surface area contributed by atoms with Crippen LogP contribution in [0.3, 0.4) is 0 Å². The molecule has 18 heavy (non-hydrogen) atoms. The number of rotatable bonds is 6. The zero-order chi connectivity index (χ0) is 14.6. The quantitative estimate of drug-likeness (QED) is 0.751. The first kappa shape index (κ1) is 16.9. The van der Waals surface area contributed by atoms with Gasteiger partial charge in [0, 0.05) is 6.54 Å². The van der Waals surface area contributed by atoms with Crippen LogP contribution in [0, 0.1) is 22.7 Å². The van der Waals surface area contributed by atoms with Crippen LogP contribution in [0.1, 0.15) is 34.1 Å². The fourth-order valence-corrected chi connectivity index (χ4v) is 2.22. The van der Waals surface area contributed by atoms with Gasteiger partial charge in [-0.05, 0) is 18.8 Å². The van der Waals surface area contributed by atoms with Crippen LogP contribution >= 0.6 is 0 Å². The molecule has 0 saturated carbocycles. The molecule has 2 unspecified atom stereocenters. The molecule has 0 aliphatic carbocycles. The zero-order valence-corrected chi connectivity index (χ0v) is 11.9. The number of carbonyl (C=O) groups is 1. The van der Waals surface area contributed by atoms with Crippen molar-refractivity contribution in [3.63, 3.8) is 0 Å². The lowest BCUT2D eigenvalue weighted by Crippen LogP contribution is -2.38. The van der Waals surface area contributed by atoms with Gasteiger partial charge in [0.15, 0.2) is 5.25 Å². The molecule has 0 amide bonds. The first-order valence-electron chi connectivity index (χ1n) is 5.60. The number of sulfonamides is 1. The number of nitriles is 1. The molecule has 0 heterocycles. The molecule has 6 nitrogen and oxygen atoms in total. The topological polar surface area (TPSA) is 107 Å². The Hall–Kier alpha value is -1.13. The van der Waals surface area contributed by atoms with Gasteiger partial charge in [0.1, 0.15) is 0 Å². The van der Waals surface area contributed by atoms with Gasteiger partial charge in [-0.1, -0.05) is 20.8 Å². The molecule has 0 spiro atoms. The molecule has 0 aliphatic rings. The molecule has 104 valence electrons. The summed E-state index contributed by atoms with van der Waals surface area (Å²) >= 11 is 0. The Morgan fingerprint density at radius 1 is 1.44 bits per heavy atom. The molecule has 0 bridgehead atoms. The number of carboxylic acid groups (broad SMARTS) is 1. The molecule has 0 aromatic heterocycles. The van der Waals surface area contributed by atoms with Crippen molar-refractivity contribution in [2.75, 3.05) is 6.54 Å². The summed E-state index contributed by atoms with van der Waals surface area (Å²) in [4.78, 5) is 11.0. The lowest BCUT2D eigenvalue weighted by atomic mass is 9.85. The number of hydrogen-bond acceptors (Lipinski definition) is 4. The fraction of sp³-hybridized carbons (Fsp3) is 0.818. The molecular formula is C11H20N2O4S. The third kappa shape index (κ3) is 5.98. The molecule has 0 rings (SSSR count). The van der Waals surface area contributed by atoms with Crippen molar-refractivity contribution in [1.29, 1.82) is 5.26 Å². The van der Waals surface area contributed by atoms with Crippen molar-refractivity contribution in [3.8, 4) is 6.07 Å². The molecule has 2 N–H and O–H groups in total. The van der Waals surface area contributed by atoms with Crippen molar-refractivity contribution in [3.05, 3.63) is 0 Å². The van der Waals surface area contributed by atoms with Crippen molar-refractivity contribution in [1.82, 2.24) is 4.72 Å². The number of nitrogens with zero attached hydrogens (tertiary/aromatic N) is 1. The third-order valence-electron chi connectivity index (χ3n) is 2.39. The summed E-state index contributed by atoms with van der Waals surface area (Å²) in [7, 11) is -3.77. The molecule has 0 aromatic carbocycles. The van der Waals surface area contributed by atoms with E-state index in [1.54, 1.807) is 6.07 Å². The Kier molecular flexibility index (Phi) is 5.77. The standard InChI is InChI=1S/C11H20N2O4S/c1-8(6-12)18(16,17)13-7-9(10(14)15)5-11(2,3)4/h8-9,13H,5,7H2,1-4H3,(H,14,15). The summed E-state index contributed by atoms with van der Waals surface area (Å²) in [6, 6.07) is 1.61. The second-order valence-corrected chi connectivity index (χ2v) is 7.55. The van der Waals surface area contributed by atoms with Gasteiger partial charge in [-0.15, -0.1) is 0 Å². The largest absolute Gasteiger partial charge is 0.481 e. The minimum absolute atomic E-state index is 0.193. The summed E-state index contributed by atoms with van der Waals surface area (Å²) in [6.07, 6.45) is 0.353. The molecule has 2 atom stereocenters. The van der Waals surface area contributed by atoms with Gasteiger partial charge in [0.05, 0.1) is 12.0 Å². The van der Waals surface area contributed by atoms with E-state index in [-0.39, 0.29) is 12.0 Å². The Labute approximate surface area is 108 Å². The van der Waals surface area contributed by atoms with Crippen LogP contribution in [0.4, 0.5) is 0 Å². The van der Waals surface area contributed by atoms with Gasteiger partial charge in [-0.25, -0.2) is 13.1 Å². The Balaban J connectivity index is 4.66. The van der Waals surface area contributed by atoms with Gasteiger partial charge < -0.3 is 5.11 Å². The lowest BCUT2D eigenvalue weighted by molar-refractivity contribution is -0.142. The fourth-order valence-electron chi connectivity index (χ4n) is 1.40. The first-order valence-corrected chi connectivity index (χ1v) is 7.15. The maximum atomic E-state index is 11.5. The maximum Gasteiger partial charge on any atom is 0.307 e. The zero-order valence-electron chi connectivity index (χ0n) is 11.1. The van der Waals surface area contributed by atoms with E-state index in [4.69, 9.17) is 10.4 Å². The highest BCUT2D eigenvalue weighted by Crippen LogP contribution is 2.24. The highest BCUT2D eigenvalue weighted by Gasteiger charge is 2.27. The van der Waals surface area contributed by atoms with Crippen LogP contribution in [0.5, 0.6) is 0 Å². The van der Waals surface area contributed by atoms with E-state index in [1.165, 1.54) is 6.92 Å². The minimum Gasteiger partial charge on any atom is -0.481 e. The van der Waals surface area contributed by atoms with Gasteiger partial charge >= 0.3 is 5.97 Å². The number of aliphatic carboxylic acids is 1. The molecule has 0 aromatic rings. The number of hydrogen-bond donors (Lipinski definition) is 2. The van der Waals surface area contributed by atoms with Gasteiger partial charge in [-0.3, -0.25) is 4.79 Å². The smallest absolute Gasteiger partial charge is 0.307 e. The van der Waals surface area contributed by atoms with Crippen molar-refractivity contribution in [2.45, 2.75) is 39.4 Å². The van der Waals surface area contributed by atoms with Crippen LogP contribution in [-0.2, 0) is 14.8 Å². The maximum absolute atomic E-state index is 11.5. The summed E-state index contributed by atoms with van der Waals surface area (Å²) in [5.74, 6) is -1.84. The minimum atomic E-state index is -3.77. The van der Waals surface area contributed by atoms with Gasteiger partial charge in [0.25, 0.3) is 0 Å². The van der Waals surface area contributed by atoms with Crippen LogP contribution in [-0.4, -0.2) is 31.3 Å². The van der Waals surface area contributed by atoms with Crippen LogP contribution in [0.25, 0.3) is 0 Å². The predicted molar refractivity (Wildman–Crippen MR) is 67.2 cm³/mol. The van der Waals surface area contributed by atoms with E-state index in [2.05, 4.69) is 4.72 Å². The van der Waals surface area contributed by atoms with E-state index in [9.17, 15) is 13.2 Å². The SMILES string of the molecule is CC(C#N)S(=O)(=O)NCC(CC(C)(C)C)C(=O)O. The number of nitrogens with one attached hydrogen (secondary N) is 1. The Morgan fingerprint density at radius 2 is 1.94 bits per heavy atom. The second kappa shape index (κ2) is 6.16. The first-order chi connectivity index (χ1) is 7.99. The summed E-state index contributed by atoms with van der Waals surface area (Å²) in [6.45, 7) is 6.71. The van der Waals surface area contributed by atoms with Gasteiger partial charge in [0.2, 0.25) is 10.0 Å². The van der Waals surface area contributed by atoms with Crippen LogP contribution in [0.15, 0.2) is 0 Å². The monoisotopic (exact) mass is 276 g/mol. The summed E-state index contributed by atoms with van der Waals surface area (Å²) < 4.78 is 25.2. The van der Waals surface area contributed by atoms with E-state index in [1.807, 2.05) is 20.8 Å². The van der Waals surface area contributed by atoms with E-state index in [0.717, 1.165) is 0 Å². The van der Waals surface area contributed by atoms with E-state index >= 15 is 0 Å². The molecular weight excluding hydrogens is 256 g/mol. The molecule has 0 radical (unpaired) electrons. The lowest BCUT2D eigenvalue weighted by Gasteiger charge is -2.23. The highest BCUT2D eigenvalue weighted by molar-refractivity contribution is 7.90. The average molecular weight is 276 g/mol. The predicted octanol–water partition coefficient (Wildman–Crippen LogP) is 0.955. The Morgan fingerprint density at radius 3 is 2.28 bits per heavy atom. The van der Waals surface area contributed by atoms with Crippen molar-refractivity contribution < 1.29 is 18.3 Å². The summed E-state index contributed by atoms with van der Waals surface area (Å²) in [5, 5.41) is 16.4. The van der Waals surface area contributed by atoms with Gasteiger partial charge in [-0.2, -0.15) is 5.26 Å². The third-order valence-corrected chi connectivity index (χ3v) is 3.99. The van der Waals surface area contributed by atoms with Crippen molar-refractivity contribution in [2.24, 2.45) is 11.3 Å². The molecule has 0 aliphatic heterocycles. The van der Waals surface area contributed by atoms with Crippen LogP contribution in [0.2, 0.25) is 0 Å². The number of carboxylic acids is 1. The van der Waals surface area contributed by atoms with E-state index < -0.39 is 27.2 Å². The molecule has 7 heteroatoms. The second-order valence-electron chi connectivity index (χ2n) is 5.46. The average Bonchev–Trinajstić information content (AvgIpc) is 2.21. The normalized spacial score (nSPS) is 15.7.